The van der Waals surface area contributed by atoms with E-state index in [9.17, 15) is 4.79 Å². The van der Waals surface area contributed by atoms with Crippen LogP contribution in [0.15, 0.2) is 12.4 Å². The zero-order valence-corrected chi connectivity index (χ0v) is 10.4. The number of aryl methyl sites for hydroxylation is 1. The van der Waals surface area contributed by atoms with Gasteiger partial charge in [-0.05, 0) is 18.5 Å². The number of Topliss-reactive ketones (excluding diaryl/α,β-unsaturated/α-hetero) is 1. The molecular formula is C12H21N3O. The van der Waals surface area contributed by atoms with Crippen LogP contribution in [0.2, 0.25) is 0 Å². The highest BCUT2D eigenvalue weighted by Crippen LogP contribution is 2.01. The number of ketones is 1. The maximum absolute atomic E-state index is 11.6. The van der Waals surface area contributed by atoms with Gasteiger partial charge in [-0.25, -0.2) is 0 Å². The second kappa shape index (κ2) is 6.43. The fourth-order valence-electron chi connectivity index (χ4n) is 1.56. The summed E-state index contributed by atoms with van der Waals surface area (Å²) in [6.07, 6.45) is 5.72. The smallest absolute Gasteiger partial charge is 0.137 e. The largest absolute Gasteiger partial charge is 0.315 e. The molecular weight excluding hydrogens is 202 g/mol. The number of carbonyl (C=O) groups is 1. The number of nitrogens with one attached hydrogen (secondary N) is 1. The molecule has 0 aliphatic rings. The van der Waals surface area contributed by atoms with E-state index in [0.29, 0.717) is 24.7 Å². The van der Waals surface area contributed by atoms with Gasteiger partial charge in [0.25, 0.3) is 0 Å². The van der Waals surface area contributed by atoms with Crippen molar-refractivity contribution >= 4 is 5.78 Å². The average molecular weight is 223 g/mol. The number of carbonyl (C=O) groups excluding carboxylic acids is 1. The van der Waals surface area contributed by atoms with Crippen LogP contribution in [0.25, 0.3) is 0 Å². The number of hydrogen-bond donors (Lipinski definition) is 1. The lowest BCUT2D eigenvalue weighted by Crippen LogP contribution is -2.24. The predicted octanol–water partition coefficient (Wildman–Crippen LogP) is 1.31. The molecule has 0 unspecified atom stereocenters. The molecule has 16 heavy (non-hydrogen) atoms. The molecule has 0 atom stereocenters. The van der Waals surface area contributed by atoms with Gasteiger partial charge in [-0.1, -0.05) is 13.8 Å². The van der Waals surface area contributed by atoms with Crippen LogP contribution in [0, 0.1) is 0 Å². The molecule has 0 spiro atoms. The average Bonchev–Trinajstić information content (AvgIpc) is 2.58. The molecule has 1 heterocycles. The zero-order valence-electron chi connectivity index (χ0n) is 10.4. The molecule has 90 valence electrons. The Balaban J connectivity index is 2.16. The summed E-state index contributed by atoms with van der Waals surface area (Å²) in [5.74, 6) is 0.290. The minimum atomic E-state index is 0.290. The molecule has 0 radical (unpaired) electrons. The molecule has 1 aromatic rings. The first-order valence-corrected chi connectivity index (χ1v) is 5.80. The number of nitrogens with zero attached hydrogens (tertiary/aromatic N) is 2. The summed E-state index contributed by atoms with van der Waals surface area (Å²) in [5, 5.41) is 7.34. The van der Waals surface area contributed by atoms with Gasteiger partial charge < -0.3 is 5.32 Å². The van der Waals surface area contributed by atoms with Crippen molar-refractivity contribution in [1.29, 1.82) is 0 Å². The molecule has 0 aliphatic heterocycles. The standard InChI is InChI=1S/C12H21N3O/c1-10(2)13-6-4-5-12(16)7-11-8-14-15(3)9-11/h8-10,13H,4-7H2,1-3H3. The molecule has 0 amide bonds. The third-order valence-corrected chi connectivity index (χ3v) is 2.34. The van der Waals surface area contributed by atoms with Crippen LogP contribution in [0.4, 0.5) is 0 Å². The Morgan fingerprint density at radius 1 is 1.56 bits per heavy atom. The van der Waals surface area contributed by atoms with Crippen LogP contribution < -0.4 is 5.32 Å². The number of aromatic nitrogens is 2. The van der Waals surface area contributed by atoms with Crippen LogP contribution in [-0.2, 0) is 18.3 Å². The highest BCUT2D eigenvalue weighted by Gasteiger charge is 2.05. The van der Waals surface area contributed by atoms with E-state index >= 15 is 0 Å². The van der Waals surface area contributed by atoms with E-state index in [1.54, 1.807) is 10.9 Å². The maximum Gasteiger partial charge on any atom is 0.137 e. The first-order chi connectivity index (χ1) is 7.58. The first kappa shape index (κ1) is 12.9. The minimum absolute atomic E-state index is 0.290. The zero-order chi connectivity index (χ0) is 12.0. The minimum Gasteiger partial charge on any atom is -0.315 e. The Morgan fingerprint density at radius 3 is 2.88 bits per heavy atom. The van der Waals surface area contributed by atoms with Gasteiger partial charge in [0.05, 0.1) is 6.20 Å². The summed E-state index contributed by atoms with van der Waals surface area (Å²) in [6.45, 7) is 5.13. The second-order valence-electron chi connectivity index (χ2n) is 4.45. The highest BCUT2D eigenvalue weighted by atomic mass is 16.1. The second-order valence-corrected chi connectivity index (χ2v) is 4.45. The molecule has 0 bridgehead atoms. The van der Waals surface area contributed by atoms with E-state index in [-0.39, 0.29) is 0 Å². The molecule has 0 aromatic carbocycles. The summed E-state index contributed by atoms with van der Waals surface area (Å²) < 4.78 is 1.73. The lowest BCUT2D eigenvalue weighted by molar-refractivity contribution is -0.118. The Bertz CT molecular complexity index is 331. The normalized spacial score (nSPS) is 11.0. The van der Waals surface area contributed by atoms with Crippen molar-refractivity contribution in [1.82, 2.24) is 15.1 Å². The van der Waals surface area contributed by atoms with Crippen LogP contribution in [0.1, 0.15) is 32.3 Å². The van der Waals surface area contributed by atoms with Crippen molar-refractivity contribution in [2.45, 2.75) is 39.2 Å². The van der Waals surface area contributed by atoms with Crippen molar-refractivity contribution in [3.8, 4) is 0 Å². The van der Waals surface area contributed by atoms with Crippen molar-refractivity contribution in [2.75, 3.05) is 6.54 Å². The fourth-order valence-corrected chi connectivity index (χ4v) is 1.56. The number of rotatable bonds is 7. The van der Waals surface area contributed by atoms with Gasteiger partial charge >= 0.3 is 0 Å². The Morgan fingerprint density at radius 2 is 2.31 bits per heavy atom. The van der Waals surface area contributed by atoms with E-state index in [1.165, 1.54) is 0 Å². The predicted molar refractivity (Wildman–Crippen MR) is 64.3 cm³/mol. The van der Waals surface area contributed by atoms with Crippen molar-refractivity contribution in [2.24, 2.45) is 7.05 Å². The molecule has 1 aromatic heterocycles. The summed E-state index contributed by atoms with van der Waals surface area (Å²) in [7, 11) is 1.86. The molecule has 4 heteroatoms. The van der Waals surface area contributed by atoms with E-state index in [4.69, 9.17) is 0 Å². The molecule has 4 nitrogen and oxygen atoms in total. The Kier molecular flexibility index (Phi) is 5.19. The number of hydrogen-bond acceptors (Lipinski definition) is 3. The molecule has 1 N–H and O–H groups in total. The van der Waals surface area contributed by atoms with Gasteiger partial charge in [0.15, 0.2) is 0 Å². The van der Waals surface area contributed by atoms with Gasteiger partial charge in [-0.3, -0.25) is 9.48 Å². The van der Waals surface area contributed by atoms with Gasteiger partial charge in [0.2, 0.25) is 0 Å². The third kappa shape index (κ3) is 5.07. The first-order valence-electron chi connectivity index (χ1n) is 5.80. The van der Waals surface area contributed by atoms with Crippen molar-refractivity contribution in [3.63, 3.8) is 0 Å². The Hall–Kier alpha value is -1.16. The van der Waals surface area contributed by atoms with Gasteiger partial charge in [0, 0.05) is 32.1 Å². The molecule has 1 rings (SSSR count). The summed E-state index contributed by atoms with van der Waals surface area (Å²) in [5.41, 5.74) is 1.00. The van der Waals surface area contributed by atoms with E-state index < -0.39 is 0 Å². The highest BCUT2D eigenvalue weighted by molar-refractivity contribution is 5.80. The quantitative estimate of drug-likeness (QED) is 0.709. The summed E-state index contributed by atoms with van der Waals surface area (Å²) >= 11 is 0. The lowest BCUT2D eigenvalue weighted by atomic mass is 10.1. The SMILES string of the molecule is CC(C)NCCCC(=O)Cc1cnn(C)c1. The Labute approximate surface area is 97.0 Å². The topological polar surface area (TPSA) is 46.9 Å². The van der Waals surface area contributed by atoms with Crippen molar-refractivity contribution in [3.05, 3.63) is 18.0 Å². The molecule has 0 fully saturated rings. The van der Waals surface area contributed by atoms with E-state index in [2.05, 4.69) is 24.3 Å². The van der Waals surface area contributed by atoms with Gasteiger partial charge in [0.1, 0.15) is 5.78 Å². The van der Waals surface area contributed by atoms with Crippen molar-refractivity contribution < 1.29 is 4.79 Å². The van der Waals surface area contributed by atoms with E-state index in [0.717, 1.165) is 18.5 Å². The molecule has 0 saturated heterocycles. The van der Waals surface area contributed by atoms with E-state index in [1.807, 2.05) is 13.2 Å². The lowest BCUT2D eigenvalue weighted by Gasteiger charge is -2.06. The molecule has 0 aliphatic carbocycles. The fraction of sp³-hybridized carbons (Fsp3) is 0.667. The van der Waals surface area contributed by atoms with Crippen LogP contribution >= 0.6 is 0 Å². The maximum atomic E-state index is 11.6. The molecule has 0 saturated carbocycles. The van der Waals surface area contributed by atoms with Crippen LogP contribution in [0.5, 0.6) is 0 Å². The van der Waals surface area contributed by atoms with Crippen LogP contribution in [0.3, 0.4) is 0 Å². The summed E-state index contributed by atoms with van der Waals surface area (Å²) in [4.78, 5) is 11.6. The third-order valence-electron chi connectivity index (χ3n) is 2.34. The van der Waals surface area contributed by atoms with Gasteiger partial charge in [-0.15, -0.1) is 0 Å². The van der Waals surface area contributed by atoms with Crippen LogP contribution in [-0.4, -0.2) is 28.2 Å². The summed E-state index contributed by atoms with van der Waals surface area (Å²) in [6, 6.07) is 0.494. The van der Waals surface area contributed by atoms with Gasteiger partial charge in [-0.2, -0.15) is 5.10 Å². The monoisotopic (exact) mass is 223 g/mol.